The van der Waals surface area contributed by atoms with Gasteiger partial charge in [0.05, 0.1) is 13.2 Å². The molecule has 0 aromatic heterocycles. The molecule has 1 aliphatic rings. The molecule has 2 aromatic rings. The molecule has 0 bridgehead atoms. The Morgan fingerprint density at radius 2 is 1.88 bits per heavy atom. The van der Waals surface area contributed by atoms with Gasteiger partial charge in [-0.05, 0) is 24.3 Å². The summed E-state index contributed by atoms with van der Waals surface area (Å²) < 4.78 is 32.7. The standard InChI is InChI=1S/C18H19F2N3O2/c19-14-9-15(11-16(10-14)23-5-7-25-8-6-23)22-18(24)21-12-13-3-1-2-4-17(13)20/h1-4,9-11H,5-8,12H2,(H2,21,22,24). The first-order valence-electron chi connectivity index (χ1n) is 8.03. The van der Waals surface area contributed by atoms with Crippen LogP contribution in [0.3, 0.4) is 0 Å². The number of hydrogen-bond donors (Lipinski definition) is 2. The lowest BCUT2D eigenvalue weighted by molar-refractivity contribution is 0.122. The van der Waals surface area contributed by atoms with Crippen molar-refractivity contribution in [3.63, 3.8) is 0 Å². The van der Waals surface area contributed by atoms with Gasteiger partial charge in [0.2, 0.25) is 0 Å². The van der Waals surface area contributed by atoms with Gasteiger partial charge in [-0.1, -0.05) is 18.2 Å². The first kappa shape index (κ1) is 17.2. The minimum atomic E-state index is -0.526. The zero-order valence-electron chi connectivity index (χ0n) is 13.6. The zero-order valence-corrected chi connectivity index (χ0v) is 13.6. The summed E-state index contributed by atoms with van der Waals surface area (Å²) in [7, 11) is 0. The first-order valence-corrected chi connectivity index (χ1v) is 8.03. The second kappa shape index (κ2) is 7.94. The molecule has 2 aromatic carbocycles. The SMILES string of the molecule is O=C(NCc1ccccc1F)Nc1cc(F)cc(N2CCOCC2)c1. The number of morpholine rings is 1. The van der Waals surface area contributed by atoms with Crippen LogP contribution in [0.1, 0.15) is 5.56 Å². The number of benzene rings is 2. The van der Waals surface area contributed by atoms with Gasteiger partial charge in [-0.15, -0.1) is 0 Å². The fourth-order valence-electron chi connectivity index (χ4n) is 2.64. The number of ether oxygens (including phenoxy) is 1. The molecule has 7 heteroatoms. The quantitative estimate of drug-likeness (QED) is 0.893. The predicted molar refractivity (Wildman–Crippen MR) is 91.7 cm³/mol. The zero-order chi connectivity index (χ0) is 17.6. The Balaban J connectivity index is 1.62. The smallest absolute Gasteiger partial charge is 0.319 e. The van der Waals surface area contributed by atoms with Crippen LogP contribution in [-0.4, -0.2) is 32.3 Å². The largest absolute Gasteiger partial charge is 0.378 e. The maximum absolute atomic E-state index is 13.9. The lowest BCUT2D eigenvalue weighted by Crippen LogP contribution is -2.36. The number of nitrogens with one attached hydrogen (secondary N) is 2. The molecule has 0 spiro atoms. The van der Waals surface area contributed by atoms with E-state index in [0.717, 1.165) is 0 Å². The molecule has 1 heterocycles. The summed E-state index contributed by atoms with van der Waals surface area (Å²) in [6.07, 6.45) is 0. The molecule has 0 atom stereocenters. The van der Waals surface area contributed by atoms with Crippen LogP contribution in [0.5, 0.6) is 0 Å². The molecule has 0 aliphatic carbocycles. The molecule has 2 amide bonds. The van der Waals surface area contributed by atoms with Crippen molar-refractivity contribution >= 4 is 17.4 Å². The van der Waals surface area contributed by atoms with Crippen LogP contribution < -0.4 is 15.5 Å². The van der Waals surface area contributed by atoms with E-state index < -0.39 is 11.8 Å². The van der Waals surface area contributed by atoms with Gasteiger partial charge < -0.3 is 20.3 Å². The van der Waals surface area contributed by atoms with E-state index >= 15 is 0 Å². The van der Waals surface area contributed by atoms with Crippen molar-refractivity contribution in [2.75, 3.05) is 36.5 Å². The molecule has 3 rings (SSSR count). The molecule has 1 aliphatic heterocycles. The Labute approximate surface area is 144 Å². The average molecular weight is 347 g/mol. The van der Waals surface area contributed by atoms with Crippen molar-refractivity contribution in [1.82, 2.24) is 5.32 Å². The van der Waals surface area contributed by atoms with Crippen LogP contribution in [0, 0.1) is 11.6 Å². The van der Waals surface area contributed by atoms with Gasteiger partial charge in [-0.25, -0.2) is 13.6 Å². The molecule has 0 saturated carbocycles. The molecule has 0 radical (unpaired) electrons. The highest BCUT2D eigenvalue weighted by atomic mass is 19.1. The number of amides is 2. The van der Waals surface area contributed by atoms with Crippen LogP contribution in [0.15, 0.2) is 42.5 Å². The normalized spacial score (nSPS) is 14.2. The summed E-state index contributed by atoms with van der Waals surface area (Å²) in [6, 6.07) is 10.0. The summed E-state index contributed by atoms with van der Waals surface area (Å²) in [4.78, 5) is 14.0. The van der Waals surface area contributed by atoms with E-state index in [2.05, 4.69) is 10.6 Å². The van der Waals surface area contributed by atoms with E-state index in [1.807, 2.05) is 4.90 Å². The Kier molecular flexibility index (Phi) is 5.45. The third-order valence-electron chi connectivity index (χ3n) is 3.91. The predicted octanol–water partition coefficient (Wildman–Crippen LogP) is 3.12. The van der Waals surface area contributed by atoms with Crippen molar-refractivity contribution < 1.29 is 18.3 Å². The van der Waals surface area contributed by atoms with Crippen molar-refractivity contribution in [2.24, 2.45) is 0 Å². The van der Waals surface area contributed by atoms with Crippen molar-refractivity contribution in [3.05, 3.63) is 59.7 Å². The Morgan fingerprint density at radius 1 is 1.12 bits per heavy atom. The number of anilines is 2. The molecule has 5 nitrogen and oxygen atoms in total. The van der Waals surface area contributed by atoms with Crippen molar-refractivity contribution in [2.45, 2.75) is 6.54 Å². The van der Waals surface area contributed by atoms with Crippen molar-refractivity contribution in [3.8, 4) is 0 Å². The molecule has 2 N–H and O–H groups in total. The average Bonchev–Trinajstić information content (AvgIpc) is 2.61. The van der Waals surface area contributed by atoms with Crippen LogP contribution in [0.2, 0.25) is 0 Å². The highest BCUT2D eigenvalue weighted by Gasteiger charge is 2.14. The van der Waals surface area contributed by atoms with E-state index in [0.29, 0.717) is 43.2 Å². The summed E-state index contributed by atoms with van der Waals surface area (Å²) in [6.45, 7) is 2.56. The molecule has 25 heavy (non-hydrogen) atoms. The Morgan fingerprint density at radius 3 is 2.64 bits per heavy atom. The minimum Gasteiger partial charge on any atom is -0.378 e. The van der Waals surface area contributed by atoms with E-state index in [4.69, 9.17) is 4.74 Å². The molecular formula is C18H19F2N3O2. The van der Waals surface area contributed by atoms with E-state index in [1.54, 1.807) is 24.3 Å². The summed E-state index contributed by atoms with van der Waals surface area (Å²) in [5.41, 5.74) is 1.41. The molecule has 132 valence electrons. The lowest BCUT2D eigenvalue weighted by Gasteiger charge is -2.29. The van der Waals surface area contributed by atoms with Crippen molar-refractivity contribution in [1.29, 1.82) is 0 Å². The highest BCUT2D eigenvalue weighted by Crippen LogP contribution is 2.22. The monoisotopic (exact) mass is 347 g/mol. The Bertz CT molecular complexity index is 749. The number of rotatable bonds is 4. The molecule has 1 saturated heterocycles. The molecular weight excluding hydrogens is 328 g/mol. The fourth-order valence-corrected chi connectivity index (χ4v) is 2.64. The van der Waals surface area contributed by atoms with Gasteiger partial charge in [0, 0.05) is 36.6 Å². The number of hydrogen-bond acceptors (Lipinski definition) is 3. The number of halogens is 2. The van der Waals surface area contributed by atoms with E-state index in [9.17, 15) is 13.6 Å². The number of carbonyl (C=O) groups excluding carboxylic acids is 1. The number of nitrogens with zero attached hydrogens (tertiary/aromatic N) is 1. The highest BCUT2D eigenvalue weighted by molar-refractivity contribution is 5.89. The third-order valence-corrected chi connectivity index (χ3v) is 3.91. The van der Waals surface area contributed by atoms with Gasteiger partial charge >= 0.3 is 6.03 Å². The number of urea groups is 1. The maximum Gasteiger partial charge on any atom is 0.319 e. The summed E-state index contributed by atoms with van der Waals surface area (Å²) in [5.74, 6) is -0.823. The van der Waals surface area contributed by atoms with Crippen LogP contribution in [-0.2, 0) is 11.3 Å². The van der Waals surface area contributed by atoms with Gasteiger partial charge in [0.15, 0.2) is 0 Å². The van der Waals surface area contributed by atoms with Gasteiger partial charge in [0.25, 0.3) is 0 Å². The second-order valence-corrected chi connectivity index (χ2v) is 5.70. The molecule has 1 fully saturated rings. The minimum absolute atomic E-state index is 0.0458. The summed E-state index contributed by atoms with van der Waals surface area (Å²) >= 11 is 0. The van der Waals surface area contributed by atoms with Gasteiger partial charge in [0.1, 0.15) is 11.6 Å². The van der Waals surface area contributed by atoms with Gasteiger partial charge in [-0.2, -0.15) is 0 Å². The van der Waals surface area contributed by atoms with E-state index in [-0.39, 0.29) is 12.4 Å². The summed E-state index contributed by atoms with van der Waals surface area (Å²) in [5, 5.41) is 5.14. The van der Waals surface area contributed by atoms with Crippen LogP contribution in [0.4, 0.5) is 25.0 Å². The number of carbonyl (C=O) groups is 1. The first-order chi connectivity index (χ1) is 12.1. The lowest BCUT2D eigenvalue weighted by atomic mass is 10.2. The topological polar surface area (TPSA) is 53.6 Å². The van der Waals surface area contributed by atoms with Gasteiger partial charge in [-0.3, -0.25) is 0 Å². The molecule has 0 unspecified atom stereocenters. The fraction of sp³-hybridized carbons (Fsp3) is 0.278. The third kappa shape index (κ3) is 4.67. The van der Waals surface area contributed by atoms with Crippen LogP contribution in [0.25, 0.3) is 0 Å². The second-order valence-electron chi connectivity index (χ2n) is 5.70. The Hall–Kier alpha value is -2.67. The van der Waals surface area contributed by atoms with E-state index in [1.165, 1.54) is 18.2 Å². The maximum atomic E-state index is 13.9. The van der Waals surface area contributed by atoms with Crippen LogP contribution >= 0.6 is 0 Å².